The number of rotatable bonds is 5. The van der Waals surface area contributed by atoms with E-state index in [-0.39, 0.29) is 0 Å². The Morgan fingerprint density at radius 2 is 1.73 bits per heavy atom. The van der Waals surface area contributed by atoms with Crippen LogP contribution in [0.2, 0.25) is 0 Å². The standard InChI is InChI=1S/C7H17NO2S/c1-8(2)6-4-5-7-11(3,9)10/h4-7H2,1-3H3. The van der Waals surface area contributed by atoms with Crippen molar-refractivity contribution in [1.82, 2.24) is 4.90 Å². The van der Waals surface area contributed by atoms with Crippen LogP contribution in [-0.4, -0.2) is 46.0 Å². The summed E-state index contributed by atoms with van der Waals surface area (Å²) in [6, 6.07) is 0. The molecular formula is C7H17NO2S. The minimum absolute atomic E-state index is 0.320. The third kappa shape index (κ3) is 9.91. The van der Waals surface area contributed by atoms with Gasteiger partial charge < -0.3 is 4.90 Å². The van der Waals surface area contributed by atoms with Crippen molar-refractivity contribution < 1.29 is 8.42 Å². The quantitative estimate of drug-likeness (QED) is 0.572. The first-order valence-electron chi connectivity index (χ1n) is 3.74. The maximum Gasteiger partial charge on any atom is 0.147 e. The van der Waals surface area contributed by atoms with E-state index in [4.69, 9.17) is 0 Å². The number of unbranched alkanes of at least 4 members (excludes halogenated alkanes) is 1. The first-order chi connectivity index (χ1) is 4.92. The topological polar surface area (TPSA) is 37.4 Å². The van der Waals surface area contributed by atoms with Gasteiger partial charge in [-0.2, -0.15) is 0 Å². The fourth-order valence-corrected chi connectivity index (χ4v) is 1.52. The molecule has 0 rings (SSSR count). The molecular weight excluding hydrogens is 162 g/mol. The molecule has 0 aromatic rings. The van der Waals surface area contributed by atoms with Gasteiger partial charge in [-0.05, 0) is 33.5 Å². The molecule has 0 unspecified atom stereocenters. The number of hydrogen-bond acceptors (Lipinski definition) is 3. The molecule has 0 bridgehead atoms. The maximum atomic E-state index is 10.7. The Hall–Kier alpha value is -0.0900. The van der Waals surface area contributed by atoms with Crippen LogP contribution in [0, 0.1) is 0 Å². The largest absolute Gasteiger partial charge is 0.309 e. The summed E-state index contributed by atoms with van der Waals surface area (Å²) >= 11 is 0. The van der Waals surface area contributed by atoms with E-state index >= 15 is 0 Å². The summed E-state index contributed by atoms with van der Waals surface area (Å²) in [7, 11) is 1.23. The molecule has 0 amide bonds. The first-order valence-corrected chi connectivity index (χ1v) is 5.80. The Bertz CT molecular complexity index is 185. The van der Waals surface area contributed by atoms with Gasteiger partial charge in [0, 0.05) is 12.0 Å². The number of sulfone groups is 1. The summed E-state index contributed by atoms with van der Waals surface area (Å²) in [5.74, 6) is 0.320. The van der Waals surface area contributed by atoms with Gasteiger partial charge in [-0.3, -0.25) is 0 Å². The highest BCUT2D eigenvalue weighted by Crippen LogP contribution is 1.94. The molecule has 0 aromatic heterocycles. The molecule has 0 fully saturated rings. The maximum absolute atomic E-state index is 10.7. The summed E-state index contributed by atoms with van der Waals surface area (Å²) in [5, 5.41) is 0. The molecule has 0 spiro atoms. The molecule has 11 heavy (non-hydrogen) atoms. The average Bonchev–Trinajstić information content (AvgIpc) is 1.78. The van der Waals surface area contributed by atoms with Gasteiger partial charge in [0.15, 0.2) is 0 Å². The van der Waals surface area contributed by atoms with Crippen LogP contribution in [-0.2, 0) is 9.84 Å². The van der Waals surface area contributed by atoms with E-state index in [0.717, 1.165) is 19.4 Å². The van der Waals surface area contributed by atoms with Gasteiger partial charge in [-0.25, -0.2) is 8.42 Å². The van der Waals surface area contributed by atoms with Crippen molar-refractivity contribution >= 4 is 9.84 Å². The lowest BCUT2D eigenvalue weighted by atomic mass is 10.3. The smallest absolute Gasteiger partial charge is 0.147 e. The van der Waals surface area contributed by atoms with Crippen molar-refractivity contribution in [2.75, 3.05) is 32.6 Å². The fourth-order valence-electron chi connectivity index (χ4n) is 0.792. The second-order valence-corrected chi connectivity index (χ2v) is 5.40. The second-order valence-electron chi connectivity index (χ2n) is 3.14. The summed E-state index contributed by atoms with van der Waals surface area (Å²) in [4.78, 5) is 2.06. The molecule has 0 saturated carbocycles. The van der Waals surface area contributed by atoms with Crippen LogP contribution in [0.4, 0.5) is 0 Å². The van der Waals surface area contributed by atoms with Gasteiger partial charge in [0.05, 0.1) is 0 Å². The summed E-state index contributed by atoms with van der Waals surface area (Å²) in [5.41, 5.74) is 0. The Kier molecular flexibility index (Phi) is 4.68. The Balaban J connectivity index is 3.30. The van der Waals surface area contributed by atoms with Crippen molar-refractivity contribution in [3.63, 3.8) is 0 Å². The highest BCUT2D eigenvalue weighted by molar-refractivity contribution is 7.90. The lowest BCUT2D eigenvalue weighted by Crippen LogP contribution is -2.14. The lowest BCUT2D eigenvalue weighted by Gasteiger charge is -2.07. The van der Waals surface area contributed by atoms with Gasteiger partial charge in [-0.15, -0.1) is 0 Å². The number of nitrogens with zero attached hydrogens (tertiary/aromatic N) is 1. The monoisotopic (exact) mass is 179 g/mol. The summed E-state index contributed by atoms with van der Waals surface area (Å²) in [6.45, 7) is 0.968. The number of hydrogen-bond donors (Lipinski definition) is 0. The van der Waals surface area contributed by atoms with Crippen LogP contribution in [0.15, 0.2) is 0 Å². The zero-order valence-corrected chi connectivity index (χ0v) is 8.32. The molecule has 4 heteroatoms. The first kappa shape index (κ1) is 10.9. The molecule has 3 nitrogen and oxygen atoms in total. The van der Waals surface area contributed by atoms with Crippen LogP contribution < -0.4 is 0 Å². The molecule has 0 aliphatic rings. The van der Waals surface area contributed by atoms with Crippen molar-refractivity contribution in [3.8, 4) is 0 Å². The van der Waals surface area contributed by atoms with E-state index in [0.29, 0.717) is 5.75 Å². The summed E-state index contributed by atoms with van der Waals surface area (Å²) in [6.07, 6.45) is 3.01. The predicted octanol–water partition coefficient (Wildman–Crippen LogP) is 0.373. The van der Waals surface area contributed by atoms with E-state index in [1.54, 1.807) is 0 Å². The lowest BCUT2D eigenvalue weighted by molar-refractivity contribution is 0.398. The summed E-state index contributed by atoms with van der Waals surface area (Å²) < 4.78 is 21.3. The minimum Gasteiger partial charge on any atom is -0.309 e. The van der Waals surface area contributed by atoms with Crippen LogP contribution in [0.5, 0.6) is 0 Å². The molecule has 0 aromatic carbocycles. The molecule has 0 N–H and O–H groups in total. The average molecular weight is 179 g/mol. The van der Waals surface area contributed by atoms with Crippen molar-refractivity contribution in [2.45, 2.75) is 12.8 Å². The van der Waals surface area contributed by atoms with Crippen molar-refractivity contribution in [2.24, 2.45) is 0 Å². The molecule has 0 saturated heterocycles. The molecule has 0 heterocycles. The van der Waals surface area contributed by atoms with Crippen molar-refractivity contribution in [3.05, 3.63) is 0 Å². The Morgan fingerprint density at radius 1 is 1.18 bits per heavy atom. The van der Waals surface area contributed by atoms with Gasteiger partial charge in [0.1, 0.15) is 9.84 Å². The third-order valence-corrected chi connectivity index (χ3v) is 2.40. The molecule has 0 atom stereocenters. The van der Waals surface area contributed by atoms with Crippen molar-refractivity contribution in [1.29, 1.82) is 0 Å². The zero-order valence-electron chi connectivity index (χ0n) is 7.50. The molecule has 0 aliphatic carbocycles. The van der Waals surface area contributed by atoms with Gasteiger partial charge in [0.25, 0.3) is 0 Å². The second kappa shape index (κ2) is 4.72. The zero-order chi connectivity index (χ0) is 8.91. The van der Waals surface area contributed by atoms with E-state index in [1.165, 1.54) is 6.26 Å². The molecule has 0 aliphatic heterocycles. The highest BCUT2D eigenvalue weighted by atomic mass is 32.2. The Labute approximate surface area is 69.3 Å². The van der Waals surface area contributed by atoms with Gasteiger partial charge in [0.2, 0.25) is 0 Å². The van der Waals surface area contributed by atoms with E-state index in [2.05, 4.69) is 4.90 Å². The third-order valence-electron chi connectivity index (χ3n) is 1.37. The normalized spacial score (nSPS) is 12.4. The SMILES string of the molecule is CN(C)CCCCS(C)(=O)=O. The van der Waals surface area contributed by atoms with Gasteiger partial charge >= 0.3 is 0 Å². The molecule has 0 radical (unpaired) electrons. The van der Waals surface area contributed by atoms with E-state index in [9.17, 15) is 8.42 Å². The van der Waals surface area contributed by atoms with E-state index < -0.39 is 9.84 Å². The highest BCUT2D eigenvalue weighted by Gasteiger charge is 2.00. The van der Waals surface area contributed by atoms with Crippen LogP contribution in [0.25, 0.3) is 0 Å². The van der Waals surface area contributed by atoms with E-state index in [1.807, 2.05) is 14.1 Å². The predicted molar refractivity (Wildman–Crippen MR) is 47.5 cm³/mol. The van der Waals surface area contributed by atoms with Gasteiger partial charge in [-0.1, -0.05) is 0 Å². The van der Waals surface area contributed by atoms with Crippen LogP contribution in [0.3, 0.4) is 0 Å². The Morgan fingerprint density at radius 3 is 2.09 bits per heavy atom. The van der Waals surface area contributed by atoms with Crippen LogP contribution in [0.1, 0.15) is 12.8 Å². The molecule has 68 valence electrons. The minimum atomic E-state index is -2.74. The fraction of sp³-hybridized carbons (Fsp3) is 1.00. The van der Waals surface area contributed by atoms with Crippen LogP contribution >= 0.6 is 0 Å².